The maximum absolute atomic E-state index is 12.9. The zero-order chi connectivity index (χ0) is 23.2. The molecule has 33 heavy (non-hydrogen) atoms. The average molecular weight is 500 g/mol. The Labute approximate surface area is 205 Å². The molecule has 1 aliphatic heterocycles. The Morgan fingerprint density at radius 2 is 1.61 bits per heavy atom. The summed E-state index contributed by atoms with van der Waals surface area (Å²) in [6.07, 6.45) is 1.67. The Balaban J connectivity index is 1.43. The second-order valence-corrected chi connectivity index (χ2v) is 8.89. The lowest BCUT2D eigenvalue weighted by molar-refractivity contribution is -0.123. The lowest BCUT2D eigenvalue weighted by Crippen LogP contribution is -2.27. The van der Waals surface area contributed by atoms with Crippen molar-refractivity contribution in [3.63, 3.8) is 0 Å². The van der Waals surface area contributed by atoms with E-state index in [1.165, 1.54) is 4.90 Å². The number of ether oxygens (including phenoxy) is 2. The molecule has 1 saturated heterocycles. The smallest absolute Gasteiger partial charge is 0.293 e. The van der Waals surface area contributed by atoms with E-state index in [1.54, 1.807) is 24.3 Å². The van der Waals surface area contributed by atoms with Crippen LogP contribution >= 0.6 is 35.0 Å². The highest BCUT2D eigenvalue weighted by atomic mass is 35.5. The number of halogens is 2. The molecule has 8 heteroatoms. The molecule has 0 bridgehead atoms. The molecule has 0 radical (unpaired) electrons. The summed E-state index contributed by atoms with van der Waals surface area (Å²) in [6.45, 7) is 0.778. The van der Waals surface area contributed by atoms with Crippen LogP contribution in [0.15, 0.2) is 77.7 Å². The molecule has 4 rings (SSSR count). The van der Waals surface area contributed by atoms with Crippen LogP contribution in [0.4, 0.5) is 4.79 Å². The number of amides is 2. The quantitative estimate of drug-likeness (QED) is 0.255. The topological polar surface area (TPSA) is 55.8 Å². The van der Waals surface area contributed by atoms with E-state index in [0.717, 1.165) is 17.5 Å². The minimum absolute atomic E-state index is 0.0764. The number of carbonyl (C=O) groups excluding carboxylic acids is 2. The normalized spacial score (nSPS) is 14.7. The van der Waals surface area contributed by atoms with Crippen LogP contribution in [0.2, 0.25) is 10.0 Å². The number of hydrogen-bond acceptors (Lipinski definition) is 5. The lowest BCUT2D eigenvalue weighted by Gasteiger charge is -2.14. The maximum atomic E-state index is 12.9. The van der Waals surface area contributed by atoms with Crippen molar-refractivity contribution in [1.29, 1.82) is 0 Å². The van der Waals surface area contributed by atoms with Gasteiger partial charge < -0.3 is 9.47 Å². The van der Waals surface area contributed by atoms with Gasteiger partial charge in [-0.05, 0) is 53.7 Å². The van der Waals surface area contributed by atoms with Crippen LogP contribution < -0.4 is 9.47 Å². The van der Waals surface area contributed by atoms with Gasteiger partial charge in [0.1, 0.15) is 24.7 Å². The lowest BCUT2D eigenvalue weighted by atomic mass is 10.1. The first kappa shape index (κ1) is 23.2. The van der Waals surface area contributed by atoms with Gasteiger partial charge in [0, 0.05) is 15.6 Å². The van der Waals surface area contributed by atoms with E-state index in [9.17, 15) is 9.59 Å². The molecule has 0 atom stereocenters. The van der Waals surface area contributed by atoms with E-state index in [2.05, 4.69) is 0 Å². The number of hydrogen-bond donors (Lipinski definition) is 0. The van der Waals surface area contributed by atoms with Crippen LogP contribution in [0, 0.1) is 0 Å². The van der Waals surface area contributed by atoms with Gasteiger partial charge in [0.15, 0.2) is 0 Å². The second-order valence-electron chi connectivity index (χ2n) is 7.05. The molecular formula is C25H19Cl2NO4S. The second kappa shape index (κ2) is 10.8. The zero-order valence-electron chi connectivity index (χ0n) is 17.4. The molecule has 1 aliphatic rings. The van der Waals surface area contributed by atoms with Crippen LogP contribution in [-0.2, 0) is 11.3 Å². The number of carbonyl (C=O) groups is 2. The van der Waals surface area contributed by atoms with E-state index >= 15 is 0 Å². The number of nitrogens with zero attached hydrogens (tertiary/aromatic N) is 1. The summed E-state index contributed by atoms with van der Waals surface area (Å²) in [7, 11) is 0. The van der Waals surface area contributed by atoms with E-state index in [-0.39, 0.29) is 17.7 Å². The number of thioether (sulfide) groups is 1. The summed E-state index contributed by atoms with van der Waals surface area (Å²) in [5.41, 5.74) is 1.35. The summed E-state index contributed by atoms with van der Waals surface area (Å²) >= 11 is 13.0. The van der Waals surface area contributed by atoms with Crippen LogP contribution in [0.1, 0.15) is 11.1 Å². The van der Waals surface area contributed by atoms with Gasteiger partial charge in [-0.1, -0.05) is 65.7 Å². The Hall–Kier alpha value is -2.93. The summed E-state index contributed by atoms with van der Waals surface area (Å²) in [5, 5.41) is 0.539. The highest BCUT2D eigenvalue weighted by molar-refractivity contribution is 8.18. The van der Waals surface area contributed by atoms with Gasteiger partial charge in [-0.15, -0.1) is 0 Å². The van der Waals surface area contributed by atoms with Gasteiger partial charge in [-0.25, -0.2) is 0 Å². The molecule has 0 aliphatic carbocycles. The highest BCUT2D eigenvalue weighted by Crippen LogP contribution is 2.35. The highest BCUT2D eigenvalue weighted by Gasteiger charge is 2.35. The fourth-order valence-corrected chi connectivity index (χ4v) is 4.45. The number of rotatable bonds is 8. The largest absolute Gasteiger partial charge is 0.490 e. The predicted molar refractivity (Wildman–Crippen MR) is 132 cm³/mol. The Morgan fingerprint density at radius 1 is 0.879 bits per heavy atom. The van der Waals surface area contributed by atoms with Crippen LogP contribution in [0.5, 0.6) is 11.5 Å². The van der Waals surface area contributed by atoms with E-state index in [4.69, 9.17) is 32.7 Å². The monoisotopic (exact) mass is 499 g/mol. The summed E-state index contributed by atoms with van der Waals surface area (Å²) < 4.78 is 11.5. The first-order valence-corrected chi connectivity index (χ1v) is 11.7. The summed E-state index contributed by atoms with van der Waals surface area (Å²) in [4.78, 5) is 26.9. The first-order chi connectivity index (χ1) is 16.0. The van der Waals surface area contributed by atoms with Gasteiger partial charge in [0.05, 0.1) is 11.4 Å². The predicted octanol–water partition coefficient (Wildman–Crippen LogP) is 6.69. The first-order valence-electron chi connectivity index (χ1n) is 10.1. The van der Waals surface area contributed by atoms with Gasteiger partial charge >= 0.3 is 0 Å². The molecule has 2 amide bonds. The number of benzene rings is 3. The molecule has 0 unspecified atom stereocenters. The molecule has 0 N–H and O–H groups in total. The SMILES string of the molecule is O=C1S/C(=C/c2ccccc2OCCOc2ccccc2)C(=O)N1Cc1ccc(Cl)cc1Cl. The molecule has 1 fully saturated rings. The maximum Gasteiger partial charge on any atom is 0.293 e. The Morgan fingerprint density at radius 3 is 2.39 bits per heavy atom. The average Bonchev–Trinajstić information content (AvgIpc) is 3.07. The van der Waals surface area contributed by atoms with Gasteiger partial charge in [0.25, 0.3) is 11.1 Å². The van der Waals surface area contributed by atoms with Crippen molar-refractivity contribution >= 4 is 52.2 Å². The van der Waals surface area contributed by atoms with E-state index in [0.29, 0.717) is 45.0 Å². The van der Waals surface area contributed by atoms with Crippen LogP contribution in [0.25, 0.3) is 6.08 Å². The number of imide groups is 1. The molecule has 3 aromatic carbocycles. The van der Waals surface area contributed by atoms with Crippen molar-refractivity contribution in [1.82, 2.24) is 4.90 Å². The Kier molecular flexibility index (Phi) is 7.60. The van der Waals surface area contributed by atoms with Crippen molar-refractivity contribution in [2.75, 3.05) is 13.2 Å². The molecule has 1 heterocycles. The third-order valence-electron chi connectivity index (χ3n) is 4.78. The fourth-order valence-electron chi connectivity index (χ4n) is 3.16. The third-order valence-corrected chi connectivity index (χ3v) is 6.27. The molecule has 5 nitrogen and oxygen atoms in total. The fraction of sp³-hybridized carbons (Fsp3) is 0.120. The minimum Gasteiger partial charge on any atom is -0.490 e. The molecule has 0 aromatic heterocycles. The summed E-state index contributed by atoms with van der Waals surface area (Å²) in [6, 6.07) is 21.8. The third kappa shape index (κ3) is 5.90. The van der Waals surface area contributed by atoms with Crippen molar-refractivity contribution in [2.45, 2.75) is 6.54 Å². The number of para-hydroxylation sites is 2. The molecule has 3 aromatic rings. The molecule has 0 saturated carbocycles. The van der Waals surface area contributed by atoms with Gasteiger partial charge in [-0.3, -0.25) is 14.5 Å². The molecular weight excluding hydrogens is 481 g/mol. The Bertz CT molecular complexity index is 1200. The minimum atomic E-state index is -0.377. The summed E-state index contributed by atoms with van der Waals surface area (Å²) in [5.74, 6) is 0.990. The standard InChI is InChI=1S/C25H19Cl2NO4S/c26-19-11-10-18(21(27)15-19)16-28-24(29)23(33-25(28)30)14-17-6-4-5-9-22(17)32-13-12-31-20-7-2-1-3-8-20/h1-11,14-15H,12-13,16H2/b23-14+. The van der Waals surface area contributed by atoms with Crippen LogP contribution in [-0.4, -0.2) is 29.3 Å². The van der Waals surface area contributed by atoms with Crippen molar-refractivity contribution in [3.05, 3.63) is 98.9 Å². The van der Waals surface area contributed by atoms with Crippen molar-refractivity contribution < 1.29 is 19.1 Å². The van der Waals surface area contributed by atoms with Crippen molar-refractivity contribution in [3.8, 4) is 11.5 Å². The van der Waals surface area contributed by atoms with Crippen molar-refractivity contribution in [2.24, 2.45) is 0 Å². The van der Waals surface area contributed by atoms with Crippen LogP contribution in [0.3, 0.4) is 0 Å². The molecule has 168 valence electrons. The van der Waals surface area contributed by atoms with E-state index in [1.807, 2.05) is 54.6 Å². The van der Waals surface area contributed by atoms with E-state index < -0.39 is 0 Å². The molecule has 0 spiro atoms. The zero-order valence-corrected chi connectivity index (χ0v) is 19.7. The van der Waals surface area contributed by atoms with Gasteiger partial charge in [-0.2, -0.15) is 0 Å². The van der Waals surface area contributed by atoms with Gasteiger partial charge in [0.2, 0.25) is 0 Å².